The average Bonchev–Trinajstić information content (AvgIpc) is 3.09. The number of amides is 1. The van der Waals surface area contributed by atoms with Crippen molar-refractivity contribution in [1.29, 1.82) is 0 Å². The maximum absolute atomic E-state index is 12.2. The highest BCUT2D eigenvalue weighted by molar-refractivity contribution is 5.76. The minimum absolute atomic E-state index is 0.0905. The van der Waals surface area contributed by atoms with Gasteiger partial charge in [0.2, 0.25) is 17.6 Å². The molecule has 1 fully saturated rings. The fraction of sp³-hybridized carbons (Fsp3) is 0.471. The molecule has 0 saturated carbocycles. The number of morpholine rings is 1. The van der Waals surface area contributed by atoms with Crippen molar-refractivity contribution in [2.45, 2.75) is 25.9 Å². The van der Waals surface area contributed by atoms with Crippen LogP contribution in [-0.4, -0.2) is 53.9 Å². The molecular formula is C17H21N3O4. The lowest BCUT2D eigenvalue weighted by atomic mass is 10.2. The topological polar surface area (TPSA) is 77.7 Å². The molecule has 1 aliphatic rings. The molecule has 0 unspecified atom stereocenters. The number of hydrogen-bond donors (Lipinski definition) is 0. The number of hydrogen-bond acceptors (Lipinski definition) is 6. The minimum Gasteiger partial charge on any atom is -0.497 e. The number of ether oxygens (including phenoxy) is 2. The number of methoxy groups -OCH3 is 1. The van der Waals surface area contributed by atoms with Crippen molar-refractivity contribution in [3.8, 4) is 17.1 Å². The molecule has 0 aliphatic carbocycles. The normalized spacial score (nSPS) is 17.8. The van der Waals surface area contributed by atoms with Crippen LogP contribution < -0.4 is 4.74 Å². The zero-order valence-corrected chi connectivity index (χ0v) is 13.9. The Bertz CT molecular complexity index is 683. The van der Waals surface area contributed by atoms with Crippen LogP contribution in [0.1, 0.15) is 19.2 Å². The number of benzene rings is 1. The summed E-state index contributed by atoms with van der Waals surface area (Å²) in [5.74, 6) is 1.85. The Labute approximate surface area is 140 Å². The van der Waals surface area contributed by atoms with Gasteiger partial charge in [-0.1, -0.05) is 5.16 Å². The van der Waals surface area contributed by atoms with E-state index in [4.69, 9.17) is 14.0 Å². The van der Waals surface area contributed by atoms with Crippen LogP contribution in [0.2, 0.25) is 0 Å². The molecule has 1 atom stereocenters. The van der Waals surface area contributed by atoms with Crippen LogP contribution in [0.3, 0.4) is 0 Å². The predicted octanol–water partition coefficient (Wildman–Crippen LogP) is 1.93. The van der Waals surface area contributed by atoms with E-state index in [1.165, 1.54) is 0 Å². The summed E-state index contributed by atoms with van der Waals surface area (Å²) in [6.07, 6.45) is 0.887. The fourth-order valence-electron chi connectivity index (χ4n) is 2.63. The number of carbonyl (C=O) groups is 1. The van der Waals surface area contributed by atoms with Gasteiger partial charge < -0.3 is 18.9 Å². The van der Waals surface area contributed by atoms with Crippen LogP contribution in [0.4, 0.5) is 0 Å². The van der Waals surface area contributed by atoms with Crippen LogP contribution in [0, 0.1) is 0 Å². The van der Waals surface area contributed by atoms with E-state index >= 15 is 0 Å². The number of nitrogens with zero attached hydrogens (tertiary/aromatic N) is 3. The molecule has 1 aliphatic heterocycles. The Balaban J connectivity index is 1.56. The van der Waals surface area contributed by atoms with E-state index in [2.05, 4.69) is 10.1 Å². The molecule has 1 aromatic heterocycles. The lowest BCUT2D eigenvalue weighted by Crippen LogP contribution is -2.44. The van der Waals surface area contributed by atoms with Crippen LogP contribution in [0.25, 0.3) is 11.4 Å². The maximum atomic E-state index is 12.2. The van der Waals surface area contributed by atoms with Crippen molar-refractivity contribution in [3.63, 3.8) is 0 Å². The van der Waals surface area contributed by atoms with Crippen molar-refractivity contribution in [1.82, 2.24) is 15.0 Å². The molecule has 0 N–H and O–H groups in total. The Hall–Kier alpha value is -2.41. The molecule has 7 nitrogen and oxygen atoms in total. The van der Waals surface area contributed by atoms with Crippen LogP contribution in [0.15, 0.2) is 28.8 Å². The van der Waals surface area contributed by atoms with E-state index in [0.29, 0.717) is 44.3 Å². The zero-order chi connectivity index (χ0) is 16.9. The van der Waals surface area contributed by atoms with Gasteiger partial charge >= 0.3 is 0 Å². The smallest absolute Gasteiger partial charge is 0.227 e. The molecular weight excluding hydrogens is 310 g/mol. The Morgan fingerprint density at radius 3 is 2.88 bits per heavy atom. The fourth-order valence-corrected chi connectivity index (χ4v) is 2.63. The largest absolute Gasteiger partial charge is 0.497 e. The minimum atomic E-state index is 0.0905. The highest BCUT2D eigenvalue weighted by Gasteiger charge is 2.21. The van der Waals surface area contributed by atoms with Gasteiger partial charge in [0.05, 0.1) is 19.8 Å². The van der Waals surface area contributed by atoms with E-state index in [1.54, 1.807) is 7.11 Å². The molecule has 1 amide bonds. The SMILES string of the molecule is COc1ccc(-c2noc(CCC(=O)N3CCO[C@H](C)C3)n2)cc1. The predicted molar refractivity (Wildman–Crippen MR) is 86.6 cm³/mol. The van der Waals surface area contributed by atoms with Crippen LogP contribution >= 0.6 is 0 Å². The van der Waals surface area contributed by atoms with Gasteiger partial charge in [0.1, 0.15) is 5.75 Å². The summed E-state index contributed by atoms with van der Waals surface area (Å²) in [4.78, 5) is 18.4. The van der Waals surface area contributed by atoms with Crippen molar-refractivity contribution >= 4 is 5.91 Å². The van der Waals surface area contributed by atoms with Gasteiger partial charge in [0, 0.05) is 31.5 Å². The lowest BCUT2D eigenvalue weighted by molar-refractivity contribution is -0.138. The first-order valence-electron chi connectivity index (χ1n) is 8.02. The summed E-state index contributed by atoms with van der Waals surface area (Å²) < 4.78 is 15.8. The van der Waals surface area contributed by atoms with E-state index in [1.807, 2.05) is 36.1 Å². The van der Waals surface area contributed by atoms with Gasteiger partial charge in [-0.15, -0.1) is 0 Å². The monoisotopic (exact) mass is 331 g/mol. The summed E-state index contributed by atoms with van der Waals surface area (Å²) >= 11 is 0. The summed E-state index contributed by atoms with van der Waals surface area (Å²) in [5, 5.41) is 3.97. The van der Waals surface area contributed by atoms with Gasteiger partial charge in [-0.2, -0.15) is 4.98 Å². The van der Waals surface area contributed by atoms with E-state index in [0.717, 1.165) is 11.3 Å². The third-order valence-corrected chi connectivity index (χ3v) is 3.96. The summed E-state index contributed by atoms with van der Waals surface area (Å²) in [6, 6.07) is 7.42. The summed E-state index contributed by atoms with van der Waals surface area (Å²) in [5.41, 5.74) is 0.846. The zero-order valence-electron chi connectivity index (χ0n) is 13.9. The van der Waals surface area contributed by atoms with Crippen LogP contribution in [0.5, 0.6) is 5.75 Å². The molecule has 1 aromatic carbocycles. The quantitative estimate of drug-likeness (QED) is 0.833. The molecule has 3 rings (SSSR count). The van der Waals surface area contributed by atoms with Gasteiger partial charge in [-0.25, -0.2) is 0 Å². The molecule has 0 spiro atoms. The van der Waals surface area contributed by atoms with Crippen molar-refractivity contribution in [2.75, 3.05) is 26.8 Å². The molecule has 7 heteroatoms. The lowest BCUT2D eigenvalue weighted by Gasteiger charge is -2.31. The van der Waals surface area contributed by atoms with Crippen LogP contribution in [-0.2, 0) is 16.0 Å². The molecule has 2 heterocycles. The molecule has 1 saturated heterocycles. The van der Waals surface area contributed by atoms with Crippen molar-refractivity contribution < 1.29 is 18.8 Å². The Morgan fingerprint density at radius 2 is 2.17 bits per heavy atom. The van der Waals surface area contributed by atoms with E-state index in [-0.39, 0.29) is 12.0 Å². The Kier molecular flexibility index (Phi) is 5.10. The summed E-state index contributed by atoms with van der Waals surface area (Å²) in [7, 11) is 1.62. The van der Waals surface area contributed by atoms with Crippen molar-refractivity contribution in [2.24, 2.45) is 0 Å². The number of rotatable bonds is 5. The third kappa shape index (κ3) is 3.91. The second kappa shape index (κ2) is 7.44. The molecule has 0 radical (unpaired) electrons. The van der Waals surface area contributed by atoms with Gasteiger partial charge in [-0.3, -0.25) is 4.79 Å². The van der Waals surface area contributed by atoms with Gasteiger partial charge in [-0.05, 0) is 31.2 Å². The first kappa shape index (κ1) is 16.4. The third-order valence-electron chi connectivity index (χ3n) is 3.96. The average molecular weight is 331 g/mol. The highest BCUT2D eigenvalue weighted by atomic mass is 16.5. The molecule has 24 heavy (non-hydrogen) atoms. The standard InChI is InChI=1S/C17H21N3O4/c1-12-11-20(9-10-23-12)16(21)8-7-15-18-17(19-24-15)13-3-5-14(22-2)6-4-13/h3-6,12H,7-11H2,1-2H3/t12-/m1/s1. The maximum Gasteiger partial charge on any atom is 0.227 e. The van der Waals surface area contributed by atoms with E-state index < -0.39 is 0 Å². The molecule has 2 aromatic rings. The number of aryl methyl sites for hydroxylation is 1. The van der Waals surface area contributed by atoms with Gasteiger partial charge in [0.15, 0.2) is 0 Å². The number of aromatic nitrogens is 2. The van der Waals surface area contributed by atoms with Gasteiger partial charge in [0.25, 0.3) is 0 Å². The van der Waals surface area contributed by atoms with E-state index in [9.17, 15) is 4.79 Å². The molecule has 128 valence electrons. The summed E-state index contributed by atoms with van der Waals surface area (Å²) in [6.45, 7) is 3.84. The highest BCUT2D eigenvalue weighted by Crippen LogP contribution is 2.20. The second-order valence-electron chi connectivity index (χ2n) is 5.76. The number of carbonyl (C=O) groups excluding carboxylic acids is 1. The first-order chi connectivity index (χ1) is 11.7. The molecule has 0 bridgehead atoms. The first-order valence-corrected chi connectivity index (χ1v) is 8.02. The Morgan fingerprint density at radius 1 is 1.38 bits per heavy atom. The van der Waals surface area contributed by atoms with Crippen molar-refractivity contribution in [3.05, 3.63) is 30.2 Å². The second-order valence-corrected chi connectivity index (χ2v) is 5.76.